The molecule has 0 saturated carbocycles. The number of aromatic nitrogens is 3. The molecule has 0 amide bonds. The minimum Gasteiger partial charge on any atom is -0.314 e. The van der Waals surface area contributed by atoms with Gasteiger partial charge in [-0.05, 0) is 23.6 Å². The highest BCUT2D eigenvalue weighted by Crippen LogP contribution is 2.17. The number of nitrogens with one attached hydrogen (secondary N) is 1. The molecule has 0 aliphatic carbocycles. The Morgan fingerprint density at radius 3 is 2.52 bits per heavy atom. The third-order valence-electron chi connectivity index (χ3n) is 4.02. The lowest BCUT2D eigenvalue weighted by Crippen LogP contribution is -2.43. The highest BCUT2D eigenvalue weighted by molar-refractivity contribution is 5.35. The first-order valence-electron chi connectivity index (χ1n) is 7.67. The third kappa shape index (κ3) is 3.31. The summed E-state index contributed by atoms with van der Waals surface area (Å²) in [6, 6.07) is 8.61. The van der Waals surface area contributed by atoms with E-state index in [1.165, 1.54) is 5.56 Å². The maximum absolute atomic E-state index is 4.25. The highest BCUT2D eigenvalue weighted by atomic mass is 15.4. The maximum atomic E-state index is 4.25. The van der Waals surface area contributed by atoms with E-state index >= 15 is 0 Å². The van der Waals surface area contributed by atoms with Crippen LogP contribution >= 0.6 is 0 Å². The van der Waals surface area contributed by atoms with Crippen LogP contribution in [0.3, 0.4) is 0 Å². The Morgan fingerprint density at radius 2 is 1.86 bits per heavy atom. The van der Waals surface area contributed by atoms with Gasteiger partial charge in [0.1, 0.15) is 0 Å². The molecule has 2 aromatic rings. The summed E-state index contributed by atoms with van der Waals surface area (Å²) in [5.41, 5.74) is 3.58. The van der Waals surface area contributed by atoms with Gasteiger partial charge in [-0.25, -0.2) is 4.68 Å². The second-order valence-corrected chi connectivity index (χ2v) is 5.91. The van der Waals surface area contributed by atoms with Crippen molar-refractivity contribution in [2.45, 2.75) is 26.3 Å². The van der Waals surface area contributed by atoms with Crippen LogP contribution in [0.1, 0.15) is 31.0 Å². The molecule has 0 unspecified atom stereocenters. The average Bonchev–Trinajstić information content (AvgIpc) is 2.96. The molecule has 1 aromatic carbocycles. The van der Waals surface area contributed by atoms with E-state index in [1.54, 1.807) is 0 Å². The lowest BCUT2D eigenvalue weighted by Gasteiger charge is -2.26. The van der Waals surface area contributed by atoms with Crippen molar-refractivity contribution in [1.29, 1.82) is 0 Å². The predicted molar refractivity (Wildman–Crippen MR) is 83.6 cm³/mol. The van der Waals surface area contributed by atoms with Gasteiger partial charge in [-0.2, -0.15) is 0 Å². The fraction of sp³-hybridized carbons (Fsp3) is 0.500. The molecule has 0 bridgehead atoms. The van der Waals surface area contributed by atoms with E-state index in [2.05, 4.69) is 58.6 Å². The number of hydrogen-bond donors (Lipinski definition) is 1. The lowest BCUT2D eigenvalue weighted by atomic mass is 10.0. The summed E-state index contributed by atoms with van der Waals surface area (Å²) in [4.78, 5) is 2.44. The van der Waals surface area contributed by atoms with Crippen molar-refractivity contribution in [2.75, 3.05) is 26.2 Å². The summed E-state index contributed by atoms with van der Waals surface area (Å²) in [6.45, 7) is 9.60. The minimum atomic E-state index is 0.551. The van der Waals surface area contributed by atoms with Gasteiger partial charge in [0.15, 0.2) is 0 Å². The van der Waals surface area contributed by atoms with E-state index < -0.39 is 0 Å². The van der Waals surface area contributed by atoms with Gasteiger partial charge < -0.3 is 5.32 Å². The summed E-state index contributed by atoms with van der Waals surface area (Å²) in [5, 5.41) is 11.7. The quantitative estimate of drug-likeness (QED) is 0.930. The molecule has 1 aliphatic rings. The Balaban J connectivity index is 1.77. The van der Waals surface area contributed by atoms with Gasteiger partial charge in [0, 0.05) is 32.7 Å². The molecule has 1 aliphatic heterocycles. The number of hydrogen-bond acceptors (Lipinski definition) is 4. The van der Waals surface area contributed by atoms with Crippen molar-refractivity contribution < 1.29 is 0 Å². The van der Waals surface area contributed by atoms with Crippen LogP contribution in [0.25, 0.3) is 5.69 Å². The van der Waals surface area contributed by atoms with E-state index in [0.29, 0.717) is 5.92 Å². The smallest absolute Gasteiger partial charge is 0.0786 e. The monoisotopic (exact) mass is 285 g/mol. The molecule has 1 saturated heterocycles. The van der Waals surface area contributed by atoms with Gasteiger partial charge in [-0.15, -0.1) is 5.10 Å². The Labute approximate surface area is 126 Å². The van der Waals surface area contributed by atoms with Gasteiger partial charge in [-0.1, -0.05) is 31.2 Å². The molecule has 5 nitrogen and oxygen atoms in total. The molecule has 0 radical (unpaired) electrons. The molecule has 112 valence electrons. The van der Waals surface area contributed by atoms with Gasteiger partial charge in [0.2, 0.25) is 0 Å². The van der Waals surface area contributed by atoms with Crippen LogP contribution in [0.5, 0.6) is 0 Å². The molecular formula is C16H23N5. The largest absolute Gasteiger partial charge is 0.314 e. The van der Waals surface area contributed by atoms with Crippen LogP contribution in [0, 0.1) is 0 Å². The van der Waals surface area contributed by atoms with Crippen molar-refractivity contribution in [2.24, 2.45) is 0 Å². The van der Waals surface area contributed by atoms with Gasteiger partial charge in [-0.3, -0.25) is 4.90 Å². The van der Waals surface area contributed by atoms with Gasteiger partial charge in [0.25, 0.3) is 0 Å². The summed E-state index contributed by atoms with van der Waals surface area (Å²) in [5.74, 6) is 0.551. The number of piperazine rings is 1. The number of nitrogens with zero attached hydrogens (tertiary/aromatic N) is 4. The van der Waals surface area contributed by atoms with Crippen molar-refractivity contribution in [3.8, 4) is 5.69 Å². The van der Waals surface area contributed by atoms with E-state index in [4.69, 9.17) is 0 Å². The topological polar surface area (TPSA) is 46.0 Å². The number of rotatable bonds is 4. The molecule has 0 spiro atoms. The van der Waals surface area contributed by atoms with E-state index in [9.17, 15) is 0 Å². The number of benzene rings is 1. The SMILES string of the molecule is CC(C)c1ccc(-n2nncc2CN2CCNCC2)cc1. The molecular weight excluding hydrogens is 262 g/mol. The maximum Gasteiger partial charge on any atom is 0.0786 e. The van der Waals surface area contributed by atoms with Crippen LogP contribution in [-0.4, -0.2) is 46.1 Å². The summed E-state index contributed by atoms with van der Waals surface area (Å²) >= 11 is 0. The zero-order valence-corrected chi connectivity index (χ0v) is 12.8. The molecule has 21 heavy (non-hydrogen) atoms. The highest BCUT2D eigenvalue weighted by Gasteiger charge is 2.14. The fourth-order valence-electron chi connectivity index (χ4n) is 2.68. The summed E-state index contributed by atoms with van der Waals surface area (Å²) in [7, 11) is 0. The minimum absolute atomic E-state index is 0.551. The van der Waals surface area contributed by atoms with Crippen LogP contribution in [0.4, 0.5) is 0 Å². The normalized spacial score (nSPS) is 16.5. The predicted octanol–water partition coefficient (Wildman–Crippen LogP) is 1.80. The van der Waals surface area contributed by atoms with Crippen molar-refractivity contribution in [1.82, 2.24) is 25.2 Å². The van der Waals surface area contributed by atoms with Gasteiger partial charge in [0.05, 0.1) is 17.6 Å². The zero-order valence-electron chi connectivity index (χ0n) is 12.8. The van der Waals surface area contributed by atoms with Crippen molar-refractivity contribution >= 4 is 0 Å². The molecule has 3 rings (SSSR count). The average molecular weight is 285 g/mol. The standard InChI is InChI=1S/C16H23N5/c1-13(2)14-3-5-15(6-4-14)21-16(11-18-19-21)12-20-9-7-17-8-10-20/h3-6,11,13,17H,7-10,12H2,1-2H3. The lowest BCUT2D eigenvalue weighted by molar-refractivity contribution is 0.229. The van der Waals surface area contributed by atoms with Crippen LogP contribution in [0.15, 0.2) is 30.5 Å². The Bertz CT molecular complexity index is 567. The molecule has 0 atom stereocenters. The van der Waals surface area contributed by atoms with E-state index in [0.717, 1.165) is 44.1 Å². The second kappa shape index (κ2) is 6.37. The molecule has 1 fully saturated rings. The van der Waals surface area contributed by atoms with Crippen LogP contribution in [-0.2, 0) is 6.54 Å². The van der Waals surface area contributed by atoms with Crippen molar-refractivity contribution in [3.05, 3.63) is 41.7 Å². The molecule has 1 aromatic heterocycles. The van der Waals surface area contributed by atoms with Crippen molar-refractivity contribution in [3.63, 3.8) is 0 Å². The molecule has 5 heteroatoms. The summed E-state index contributed by atoms with van der Waals surface area (Å²) < 4.78 is 1.95. The van der Waals surface area contributed by atoms with Crippen LogP contribution in [0.2, 0.25) is 0 Å². The van der Waals surface area contributed by atoms with Gasteiger partial charge >= 0.3 is 0 Å². The molecule has 1 N–H and O–H groups in total. The zero-order chi connectivity index (χ0) is 14.7. The Kier molecular flexibility index (Phi) is 4.31. The van der Waals surface area contributed by atoms with E-state index in [1.807, 2.05) is 10.9 Å². The Hall–Kier alpha value is -1.72. The second-order valence-electron chi connectivity index (χ2n) is 5.91. The fourth-order valence-corrected chi connectivity index (χ4v) is 2.68. The first kappa shape index (κ1) is 14.2. The third-order valence-corrected chi connectivity index (χ3v) is 4.02. The van der Waals surface area contributed by atoms with Crippen LogP contribution < -0.4 is 5.32 Å². The summed E-state index contributed by atoms with van der Waals surface area (Å²) in [6.07, 6.45) is 1.87. The molecule has 2 heterocycles. The first-order valence-corrected chi connectivity index (χ1v) is 7.67. The first-order chi connectivity index (χ1) is 10.2. The van der Waals surface area contributed by atoms with E-state index in [-0.39, 0.29) is 0 Å². The Morgan fingerprint density at radius 1 is 1.14 bits per heavy atom.